The van der Waals surface area contributed by atoms with Gasteiger partial charge in [-0.3, -0.25) is 4.79 Å². The molecule has 2 fully saturated rings. The van der Waals surface area contributed by atoms with Gasteiger partial charge in [0, 0.05) is 28.4 Å². The lowest BCUT2D eigenvalue weighted by atomic mass is 9.58. The molecule has 0 radical (unpaired) electrons. The fourth-order valence-electron chi connectivity index (χ4n) is 7.07. The van der Waals surface area contributed by atoms with Gasteiger partial charge in [-0.05, 0) is 94.1 Å². The molecule has 2 N–H and O–H groups in total. The Balaban J connectivity index is 1.20. The summed E-state index contributed by atoms with van der Waals surface area (Å²) in [6.07, 6.45) is 9.20. The van der Waals surface area contributed by atoms with Crippen LogP contribution in [-0.2, 0) is 16.9 Å². The zero-order valence-corrected chi connectivity index (χ0v) is 22.2. The largest absolute Gasteiger partial charge is 0.479 e. The fourth-order valence-corrected chi connectivity index (χ4v) is 7.99. The molecule has 2 aromatic heterocycles. The van der Waals surface area contributed by atoms with Crippen molar-refractivity contribution < 1.29 is 19.8 Å². The molecule has 2 saturated carbocycles. The highest BCUT2D eigenvalue weighted by molar-refractivity contribution is 7.10. The third-order valence-electron chi connectivity index (χ3n) is 9.06. The van der Waals surface area contributed by atoms with Crippen LogP contribution in [-0.4, -0.2) is 62.0 Å². The van der Waals surface area contributed by atoms with Crippen molar-refractivity contribution in [1.82, 2.24) is 19.9 Å². The summed E-state index contributed by atoms with van der Waals surface area (Å²) < 4.78 is 1.90. The minimum absolute atomic E-state index is 0.209. The number of aliphatic carboxylic acids is 1. The molecule has 2 aliphatic rings. The first kappa shape index (κ1) is 26.0. The van der Waals surface area contributed by atoms with E-state index in [1.54, 1.807) is 18.2 Å². The van der Waals surface area contributed by atoms with Crippen LogP contribution in [0.2, 0.25) is 0 Å². The van der Waals surface area contributed by atoms with Crippen LogP contribution in [0.1, 0.15) is 73.0 Å². The number of hydrogen-bond donors (Lipinski definition) is 2. The molecule has 8 nitrogen and oxygen atoms in total. The summed E-state index contributed by atoms with van der Waals surface area (Å²) in [6, 6.07) is 9.54. The van der Waals surface area contributed by atoms with Crippen molar-refractivity contribution in [2.24, 2.45) is 11.3 Å². The number of carboxylic acids is 1. The maximum atomic E-state index is 12.6. The average Bonchev–Trinajstić information content (AvgIpc) is 3.70. The standard InChI is InChI=1S/C28H36N4O4S/c1-31(15-5-16-32-24-12-7-20(19-33)18-23(24)29-30-32)22-10-8-21(9-11-22)27(13-2-3-14-27)28(36,26(34)35)25-6-4-17-37-25/h4,6-7,12,17-19,21-22,36H,2-3,5,8-11,13-16H2,1H3,(H,34,35)/t21?,22?,28-/m1/s1. The quantitative estimate of drug-likeness (QED) is 0.370. The highest BCUT2D eigenvalue weighted by Crippen LogP contribution is 2.60. The number of rotatable bonds is 10. The van der Waals surface area contributed by atoms with Crippen LogP contribution in [0.4, 0.5) is 0 Å². The molecule has 0 unspecified atom stereocenters. The molecule has 2 aliphatic carbocycles. The van der Waals surface area contributed by atoms with Gasteiger partial charge in [0.1, 0.15) is 11.8 Å². The minimum atomic E-state index is -1.81. The molecule has 9 heteroatoms. The van der Waals surface area contributed by atoms with Crippen molar-refractivity contribution in [3.8, 4) is 0 Å². The Morgan fingerprint density at radius 3 is 2.65 bits per heavy atom. The summed E-state index contributed by atoms with van der Waals surface area (Å²) in [5.41, 5.74) is -0.126. The van der Waals surface area contributed by atoms with Crippen molar-refractivity contribution >= 4 is 34.6 Å². The van der Waals surface area contributed by atoms with Crippen molar-refractivity contribution in [2.75, 3.05) is 13.6 Å². The topological polar surface area (TPSA) is 109 Å². The van der Waals surface area contributed by atoms with E-state index in [4.69, 9.17) is 0 Å². The number of carboxylic acid groups (broad SMARTS) is 1. The van der Waals surface area contributed by atoms with E-state index >= 15 is 0 Å². The maximum absolute atomic E-state index is 12.6. The molecule has 0 spiro atoms. The zero-order valence-electron chi connectivity index (χ0n) is 21.4. The van der Waals surface area contributed by atoms with Crippen LogP contribution in [0, 0.1) is 11.3 Å². The highest BCUT2D eigenvalue weighted by Gasteiger charge is 2.61. The van der Waals surface area contributed by atoms with E-state index in [0.717, 1.165) is 88.2 Å². The number of benzene rings is 1. The van der Waals surface area contributed by atoms with E-state index in [1.165, 1.54) is 11.3 Å². The Bertz CT molecular complexity index is 1230. The molecular weight excluding hydrogens is 488 g/mol. The molecule has 1 aromatic carbocycles. The van der Waals surface area contributed by atoms with E-state index in [2.05, 4.69) is 22.3 Å². The first-order valence-corrected chi connectivity index (χ1v) is 14.3. The van der Waals surface area contributed by atoms with Gasteiger partial charge in [-0.1, -0.05) is 24.1 Å². The molecule has 198 valence electrons. The van der Waals surface area contributed by atoms with Gasteiger partial charge in [0.2, 0.25) is 5.60 Å². The number of carbonyl (C=O) groups is 2. The first-order chi connectivity index (χ1) is 17.9. The number of carbonyl (C=O) groups excluding carboxylic acids is 1. The van der Waals surface area contributed by atoms with Crippen LogP contribution in [0.5, 0.6) is 0 Å². The molecule has 0 saturated heterocycles. The van der Waals surface area contributed by atoms with Gasteiger partial charge in [0.25, 0.3) is 0 Å². The monoisotopic (exact) mass is 524 g/mol. The van der Waals surface area contributed by atoms with Crippen molar-refractivity contribution in [1.29, 1.82) is 0 Å². The average molecular weight is 525 g/mol. The Morgan fingerprint density at radius 2 is 2.00 bits per heavy atom. The third kappa shape index (κ3) is 4.62. The number of aliphatic hydroxyl groups is 1. The zero-order chi connectivity index (χ0) is 26.0. The summed E-state index contributed by atoms with van der Waals surface area (Å²) in [5.74, 6) is -0.889. The SMILES string of the molecule is CN(CCCn1nnc2cc(C=O)ccc21)C1CCC(C2([C@](O)(C(=O)O)c3cccs3)CCCC2)CC1. The molecule has 0 aliphatic heterocycles. The molecule has 3 aromatic rings. The molecule has 1 atom stereocenters. The summed E-state index contributed by atoms with van der Waals surface area (Å²) >= 11 is 1.36. The maximum Gasteiger partial charge on any atom is 0.341 e. The number of nitrogens with zero attached hydrogens (tertiary/aromatic N) is 4. The van der Waals surface area contributed by atoms with Crippen molar-refractivity contribution in [3.63, 3.8) is 0 Å². The van der Waals surface area contributed by atoms with Gasteiger partial charge in [-0.25, -0.2) is 9.48 Å². The highest BCUT2D eigenvalue weighted by atomic mass is 32.1. The third-order valence-corrected chi connectivity index (χ3v) is 10.0. The summed E-state index contributed by atoms with van der Waals surface area (Å²) in [4.78, 5) is 26.6. The smallest absolute Gasteiger partial charge is 0.341 e. The summed E-state index contributed by atoms with van der Waals surface area (Å²) in [6.45, 7) is 1.69. The number of aromatic nitrogens is 3. The fraction of sp³-hybridized carbons (Fsp3) is 0.571. The first-order valence-electron chi connectivity index (χ1n) is 13.4. The van der Waals surface area contributed by atoms with E-state index in [0.29, 0.717) is 16.5 Å². The second-order valence-electron chi connectivity index (χ2n) is 10.9. The summed E-state index contributed by atoms with van der Waals surface area (Å²) in [7, 11) is 2.17. The van der Waals surface area contributed by atoms with Gasteiger partial charge in [0.15, 0.2) is 0 Å². The number of hydrogen-bond acceptors (Lipinski definition) is 7. The van der Waals surface area contributed by atoms with Crippen LogP contribution in [0.3, 0.4) is 0 Å². The molecule has 2 heterocycles. The van der Waals surface area contributed by atoms with Crippen LogP contribution in [0.25, 0.3) is 11.0 Å². The Hall–Kier alpha value is -2.62. The predicted molar refractivity (Wildman–Crippen MR) is 143 cm³/mol. The van der Waals surface area contributed by atoms with Gasteiger partial charge < -0.3 is 15.1 Å². The van der Waals surface area contributed by atoms with Crippen LogP contribution < -0.4 is 0 Å². The van der Waals surface area contributed by atoms with E-state index in [-0.39, 0.29) is 5.92 Å². The molecule has 0 amide bonds. The normalized spacial score (nSPS) is 23.3. The molecular formula is C28H36N4O4S. The second kappa shape index (κ2) is 10.6. The lowest BCUT2D eigenvalue weighted by Crippen LogP contribution is -2.55. The Morgan fingerprint density at radius 1 is 1.24 bits per heavy atom. The number of aldehydes is 1. The minimum Gasteiger partial charge on any atom is -0.479 e. The van der Waals surface area contributed by atoms with Crippen molar-refractivity contribution in [2.45, 2.75) is 76.0 Å². The predicted octanol–water partition coefficient (Wildman–Crippen LogP) is 4.72. The second-order valence-corrected chi connectivity index (χ2v) is 11.8. The van der Waals surface area contributed by atoms with Crippen LogP contribution in [0.15, 0.2) is 35.7 Å². The molecule has 37 heavy (non-hydrogen) atoms. The van der Waals surface area contributed by atoms with Crippen LogP contribution >= 0.6 is 11.3 Å². The van der Waals surface area contributed by atoms with Gasteiger partial charge in [-0.15, -0.1) is 16.4 Å². The Kier molecular flexibility index (Phi) is 7.47. The van der Waals surface area contributed by atoms with E-state index < -0.39 is 17.0 Å². The molecule has 5 rings (SSSR count). The summed E-state index contributed by atoms with van der Waals surface area (Å²) in [5, 5.41) is 32.4. The number of thiophene rings is 1. The van der Waals surface area contributed by atoms with Gasteiger partial charge >= 0.3 is 5.97 Å². The van der Waals surface area contributed by atoms with Gasteiger partial charge in [0.05, 0.1) is 5.52 Å². The Labute approximate surface area is 221 Å². The van der Waals surface area contributed by atoms with Crippen molar-refractivity contribution in [3.05, 3.63) is 46.2 Å². The molecule has 0 bridgehead atoms. The number of aryl methyl sites for hydroxylation is 1. The van der Waals surface area contributed by atoms with E-state index in [9.17, 15) is 19.8 Å². The van der Waals surface area contributed by atoms with Gasteiger partial charge in [-0.2, -0.15) is 0 Å². The lowest BCUT2D eigenvalue weighted by Gasteiger charge is -2.50. The number of fused-ring (bicyclic) bond motifs is 1. The lowest BCUT2D eigenvalue weighted by molar-refractivity contribution is -0.187. The van der Waals surface area contributed by atoms with E-state index in [1.807, 2.05) is 22.2 Å².